The van der Waals surface area contributed by atoms with E-state index in [2.05, 4.69) is 16.7 Å². The highest BCUT2D eigenvalue weighted by Crippen LogP contribution is 1.94. The summed E-state index contributed by atoms with van der Waals surface area (Å²) in [5.41, 5.74) is 0. The second-order valence-electron chi connectivity index (χ2n) is 4.59. The van der Waals surface area contributed by atoms with Crippen molar-refractivity contribution >= 4 is 18.9 Å². The molecule has 0 rings (SSSR count). The van der Waals surface area contributed by atoms with Crippen LogP contribution in [0.3, 0.4) is 0 Å². The second-order valence-corrected chi connectivity index (χ2v) is 4.59. The molecule has 0 heterocycles. The third-order valence-corrected chi connectivity index (χ3v) is 3.36. The van der Waals surface area contributed by atoms with Gasteiger partial charge in [0.2, 0.25) is 0 Å². The molecule has 0 N–H and O–H groups in total. The van der Waals surface area contributed by atoms with Crippen molar-refractivity contribution in [3.05, 3.63) is 0 Å². The molecule has 0 saturated carbocycles. The minimum absolute atomic E-state index is 0.294. The maximum absolute atomic E-state index is 10.5. The van der Waals surface area contributed by atoms with Gasteiger partial charge in [0.15, 0.2) is 0 Å². The van der Waals surface area contributed by atoms with Crippen LogP contribution in [0.1, 0.15) is 13.8 Å². The van der Waals surface area contributed by atoms with E-state index < -0.39 is 0 Å². The largest absolute Gasteiger partial charge is 0.302 e. The lowest BCUT2D eigenvalue weighted by molar-refractivity contribution is -0.111. The van der Waals surface area contributed by atoms with Crippen LogP contribution in [0.15, 0.2) is 0 Å². The zero-order valence-electron chi connectivity index (χ0n) is 12.7. The fraction of sp³-hybridized carbons (Fsp3) is 0.786. The molecule has 0 aliphatic carbocycles. The average molecular weight is 285 g/mol. The van der Waals surface area contributed by atoms with Crippen molar-refractivity contribution in [2.75, 3.05) is 58.9 Å². The third kappa shape index (κ3) is 8.90. The van der Waals surface area contributed by atoms with Gasteiger partial charge in [-0.3, -0.25) is 9.80 Å². The van der Waals surface area contributed by atoms with Crippen LogP contribution in [0.25, 0.3) is 0 Å². The van der Waals surface area contributed by atoms with Crippen molar-refractivity contribution in [1.82, 2.24) is 14.7 Å². The van der Waals surface area contributed by atoms with Gasteiger partial charge < -0.3 is 19.3 Å². The Labute approximate surface area is 121 Å². The lowest BCUT2D eigenvalue weighted by Gasteiger charge is -2.27. The fourth-order valence-corrected chi connectivity index (χ4v) is 1.95. The molecule has 0 amide bonds. The molecule has 0 unspecified atom stereocenters. The Kier molecular flexibility index (Phi) is 12.2. The van der Waals surface area contributed by atoms with Crippen LogP contribution in [-0.4, -0.2) is 92.5 Å². The van der Waals surface area contributed by atoms with Crippen LogP contribution in [-0.2, 0) is 14.4 Å². The quantitative estimate of drug-likeness (QED) is 0.402. The lowest BCUT2D eigenvalue weighted by atomic mass is 10.4. The van der Waals surface area contributed by atoms with Crippen molar-refractivity contribution in [3.8, 4) is 0 Å². The third-order valence-electron chi connectivity index (χ3n) is 3.36. The highest BCUT2D eigenvalue weighted by atomic mass is 16.1. The van der Waals surface area contributed by atoms with Gasteiger partial charge in [0.05, 0.1) is 19.6 Å². The van der Waals surface area contributed by atoms with Crippen LogP contribution in [0.2, 0.25) is 0 Å². The van der Waals surface area contributed by atoms with E-state index in [1.54, 1.807) is 0 Å². The molecule has 0 radical (unpaired) electrons. The van der Waals surface area contributed by atoms with E-state index in [1.807, 2.05) is 11.8 Å². The molecule has 6 nitrogen and oxygen atoms in total. The van der Waals surface area contributed by atoms with E-state index in [0.29, 0.717) is 26.2 Å². The molecule has 0 spiro atoms. The summed E-state index contributed by atoms with van der Waals surface area (Å²) in [6.07, 6.45) is 2.57. The molecule has 6 heteroatoms. The zero-order chi connectivity index (χ0) is 15.2. The molecule has 0 bridgehead atoms. The Balaban J connectivity index is 4.08. The van der Waals surface area contributed by atoms with Crippen LogP contribution in [0.4, 0.5) is 0 Å². The maximum atomic E-state index is 10.5. The highest BCUT2D eigenvalue weighted by Gasteiger charge is 2.09. The van der Waals surface area contributed by atoms with Gasteiger partial charge in [0.25, 0.3) is 0 Å². The van der Waals surface area contributed by atoms with E-state index in [1.165, 1.54) is 0 Å². The van der Waals surface area contributed by atoms with E-state index in [-0.39, 0.29) is 0 Å². The smallest absolute Gasteiger partial charge is 0.133 e. The topological polar surface area (TPSA) is 60.9 Å². The molecule has 0 fully saturated rings. The van der Waals surface area contributed by atoms with Gasteiger partial charge in [0, 0.05) is 26.2 Å². The SMILES string of the molecule is CCN(CC=O)CCN(CC)CCN(CC=O)CC=O. The van der Waals surface area contributed by atoms with Gasteiger partial charge in [-0.25, -0.2) is 0 Å². The molecule has 116 valence electrons. The molecule has 0 atom stereocenters. The van der Waals surface area contributed by atoms with Crippen LogP contribution in [0, 0.1) is 0 Å². The Morgan fingerprint density at radius 2 is 0.950 bits per heavy atom. The van der Waals surface area contributed by atoms with Gasteiger partial charge in [-0.1, -0.05) is 13.8 Å². The maximum Gasteiger partial charge on any atom is 0.133 e. The molecular formula is C14H27N3O3. The first-order valence-electron chi connectivity index (χ1n) is 7.19. The standard InChI is InChI=1S/C14H27N3O3/c1-3-15(5-6-16(4-2)9-12-18)7-8-17(10-13-19)11-14-20/h12-14H,3-11H2,1-2H3. The Hall–Kier alpha value is -1.11. The minimum atomic E-state index is 0.294. The van der Waals surface area contributed by atoms with Crippen molar-refractivity contribution in [3.63, 3.8) is 0 Å². The number of aldehydes is 3. The Bertz CT molecular complexity index is 264. The van der Waals surface area contributed by atoms with Crippen LogP contribution >= 0.6 is 0 Å². The van der Waals surface area contributed by atoms with Crippen molar-refractivity contribution in [2.45, 2.75) is 13.8 Å². The number of hydrogen-bond donors (Lipinski definition) is 0. The Morgan fingerprint density at radius 1 is 0.600 bits per heavy atom. The van der Waals surface area contributed by atoms with Crippen LogP contribution < -0.4 is 0 Å². The average Bonchev–Trinajstić information content (AvgIpc) is 2.46. The van der Waals surface area contributed by atoms with E-state index in [9.17, 15) is 14.4 Å². The normalized spacial score (nSPS) is 11.2. The van der Waals surface area contributed by atoms with Gasteiger partial charge in [0.1, 0.15) is 18.9 Å². The summed E-state index contributed by atoms with van der Waals surface area (Å²) in [7, 11) is 0. The van der Waals surface area contributed by atoms with Crippen molar-refractivity contribution in [2.24, 2.45) is 0 Å². The number of likely N-dealkylation sites (N-methyl/N-ethyl adjacent to an activating group) is 2. The second kappa shape index (κ2) is 12.9. The summed E-state index contributed by atoms with van der Waals surface area (Å²) in [5, 5.41) is 0. The molecule has 0 aromatic carbocycles. The lowest BCUT2D eigenvalue weighted by Crippen LogP contribution is -2.41. The summed E-state index contributed by atoms with van der Waals surface area (Å²) in [5.74, 6) is 0. The molecule has 20 heavy (non-hydrogen) atoms. The fourth-order valence-electron chi connectivity index (χ4n) is 1.95. The molecular weight excluding hydrogens is 258 g/mol. The number of carbonyl (C=O) groups excluding carboxylic acids is 3. The van der Waals surface area contributed by atoms with E-state index in [0.717, 1.165) is 51.6 Å². The molecule has 0 aliphatic heterocycles. The number of carbonyl (C=O) groups is 3. The predicted molar refractivity (Wildman–Crippen MR) is 78.9 cm³/mol. The predicted octanol–water partition coefficient (Wildman–Crippen LogP) is -0.471. The first-order valence-corrected chi connectivity index (χ1v) is 7.19. The molecule has 0 aromatic heterocycles. The zero-order valence-corrected chi connectivity index (χ0v) is 12.7. The summed E-state index contributed by atoms with van der Waals surface area (Å²) in [6, 6.07) is 0. The van der Waals surface area contributed by atoms with E-state index >= 15 is 0 Å². The first-order chi connectivity index (χ1) is 9.71. The van der Waals surface area contributed by atoms with Gasteiger partial charge in [-0.15, -0.1) is 0 Å². The monoisotopic (exact) mass is 285 g/mol. The molecule has 0 aromatic rings. The van der Waals surface area contributed by atoms with Gasteiger partial charge in [-0.05, 0) is 13.1 Å². The van der Waals surface area contributed by atoms with Crippen molar-refractivity contribution in [1.29, 1.82) is 0 Å². The number of hydrogen-bond acceptors (Lipinski definition) is 6. The summed E-state index contributed by atoms with van der Waals surface area (Å²) in [6.45, 7) is 10.2. The minimum Gasteiger partial charge on any atom is -0.302 e. The van der Waals surface area contributed by atoms with E-state index in [4.69, 9.17) is 0 Å². The van der Waals surface area contributed by atoms with Crippen molar-refractivity contribution < 1.29 is 14.4 Å². The molecule has 0 aliphatic rings. The number of rotatable bonds is 14. The summed E-state index contributed by atoms with van der Waals surface area (Å²) < 4.78 is 0. The highest BCUT2D eigenvalue weighted by molar-refractivity contribution is 5.56. The summed E-state index contributed by atoms with van der Waals surface area (Å²) in [4.78, 5) is 37.7. The molecule has 0 saturated heterocycles. The Morgan fingerprint density at radius 3 is 1.35 bits per heavy atom. The van der Waals surface area contributed by atoms with Gasteiger partial charge >= 0.3 is 0 Å². The first kappa shape index (κ1) is 18.9. The van der Waals surface area contributed by atoms with Gasteiger partial charge in [-0.2, -0.15) is 0 Å². The van der Waals surface area contributed by atoms with Crippen LogP contribution in [0.5, 0.6) is 0 Å². The summed E-state index contributed by atoms with van der Waals surface area (Å²) >= 11 is 0. The number of nitrogens with zero attached hydrogens (tertiary/aromatic N) is 3.